The van der Waals surface area contributed by atoms with Crippen LogP contribution in [0.3, 0.4) is 0 Å². The van der Waals surface area contributed by atoms with E-state index >= 15 is 0 Å². The largest absolute Gasteiger partial charge is 0.493 e. The smallest absolute Gasteiger partial charge is 0.128 e. The van der Waals surface area contributed by atoms with Crippen molar-refractivity contribution in [3.8, 4) is 5.75 Å². The van der Waals surface area contributed by atoms with E-state index in [-0.39, 0.29) is 0 Å². The maximum atomic E-state index is 5.76. The van der Waals surface area contributed by atoms with Crippen LogP contribution in [-0.2, 0) is 6.54 Å². The zero-order valence-electron chi connectivity index (χ0n) is 14.2. The molecule has 3 heteroatoms. The van der Waals surface area contributed by atoms with Crippen molar-refractivity contribution in [2.75, 3.05) is 37.7 Å². The highest BCUT2D eigenvalue weighted by molar-refractivity contribution is 5.53. The molecule has 0 bridgehead atoms. The number of hydrogen-bond acceptors (Lipinski definition) is 2. The molecule has 1 heterocycles. The van der Waals surface area contributed by atoms with Gasteiger partial charge in [0.25, 0.3) is 0 Å². The standard InChI is InChI=1S/C20H26N2O/c1-3-23-20-11-7-5-9-18(20)16-21-12-14-22(15-13-21)19-10-6-4-8-17(19)2/h4-11H,3,12-16H2,1-2H3/p+1. The minimum absolute atomic E-state index is 0.730. The highest BCUT2D eigenvalue weighted by atomic mass is 16.5. The Morgan fingerprint density at radius 3 is 2.43 bits per heavy atom. The molecule has 2 aromatic carbocycles. The quantitative estimate of drug-likeness (QED) is 0.912. The van der Waals surface area contributed by atoms with Crippen LogP contribution < -0.4 is 14.5 Å². The lowest BCUT2D eigenvalue weighted by molar-refractivity contribution is -0.914. The van der Waals surface area contributed by atoms with Crippen molar-refractivity contribution in [3.63, 3.8) is 0 Å². The molecule has 1 fully saturated rings. The molecule has 23 heavy (non-hydrogen) atoms. The summed E-state index contributed by atoms with van der Waals surface area (Å²) in [7, 11) is 0. The predicted octanol–water partition coefficient (Wildman–Crippen LogP) is 2.30. The van der Waals surface area contributed by atoms with Crippen LogP contribution in [0.15, 0.2) is 48.5 Å². The van der Waals surface area contributed by atoms with Gasteiger partial charge in [0.15, 0.2) is 0 Å². The monoisotopic (exact) mass is 311 g/mol. The molecule has 0 aromatic heterocycles. The molecule has 1 N–H and O–H groups in total. The van der Waals surface area contributed by atoms with Gasteiger partial charge in [0.2, 0.25) is 0 Å². The summed E-state index contributed by atoms with van der Waals surface area (Å²) in [5.41, 5.74) is 4.09. The van der Waals surface area contributed by atoms with Gasteiger partial charge in [-0.1, -0.05) is 30.3 Å². The van der Waals surface area contributed by atoms with Gasteiger partial charge >= 0.3 is 0 Å². The van der Waals surface area contributed by atoms with Crippen molar-refractivity contribution in [3.05, 3.63) is 59.7 Å². The summed E-state index contributed by atoms with van der Waals surface area (Å²) in [5, 5.41) is 0. The second-order valence-corrected chi connectivity index (χ2v) is 6.24. The molecule has 3 rings (SSSR count). The van der Waals surface area contributed by atoms with Gasteiger partial charge in [-0.2, -0.15) is 0 Å². The Labute approximate surface area is 139 Å². The fraction of sp³-hybridized carbons (Fsp3) is 0.400. The van der Waals surface area contributed by atoms with Crippen LogP contribution in [0.4, 0.5) is 5.69 Å². The molecule has 1 aliphatic heterocycles. The third-order valence-corrected chi connectivity index (χ3v) is 4.64. The fourth-order valence-electron chi connectivity index (χ4n) is 3.37. The number of nitrogens with zero attached hydrogens (tertiary/aromatic N) is 1. The molecule has 0 saturated carbocycles. The molecule has 3 nitrogen and oxygen atoms in total. The van der Waals surface area contributed by atoms with Crippen LogP contribution in [-0.4, -0.2) is 32.8 Å². The molecule has 0 unspecified atom stereocenters. The van der Waals surface area contributed by atoms with Gasteiger partial charge in [0.1, 0.15) is 12.3 Å². The number of piperazine rings is 1. The molecule has 0 aliphatic carbocycles. The summed E-state index contributed by atoms with van der Waals surface area (Å²) in [5.74, 6) is 1.05. The number of ether oxygens (including phenoxy) is 1. The Hall–Kier alpha value is -2.00. The van der Waals surface area contributed by atoms with Crippen LogP contribution >= 0.6 is 0 Å². The van der Waals surface area contributed by atoms with Crippen LogP contribution in [0.2, 0.25) is 0 Å². The number of aryl methyl sites for hydroxylation is 1. The van der Waals surface area contributed by atoms with Gasteiger partial charge in [-0.25, -0.2) is 0 Å². The first-order valence-electron chi connectivity index (χ1n) is 8.62. The Kier molecular flexibility index (Phi) is 5.19. The van der Waals surface area contributed by atoms with Crippen LogP contribution in [0.25, 0.3) is 0 Å². The predicted molar refractivity (Wildman–Crippen MR) is 95.4 cm³/mol. The molecular weight excluding hydrogens is 284 g/mol. The van der Waals surface area contributed by atoms with Crippen LogP contribution in [0, 0.1) is 6.92 Å². The maximum absolute atomic E-state index is 5.76. The third-order valence-electron chi connectivity index (χ3n) is 4.64. The third kappa shape index (κ3) is 3.85. The molecule has 0 spiro atoms. The van der Waals surface area contributed by atoms with Crippen molar-refractivity contribution in [1.82, 2.24) is 0 Å². The summed E-state index contributed by atoms with van der Waals surface area (Å²) >= 11 is 0. The molecule has 122 valence electrons. The number of para-hydroxylation sites is 2. The zero-order valence-corrected chi connectivity index (χ0v) is 14.2. The van der Waals surface area contributed by atoms with E-state index in [1.165, 1.54) is 29.9 Å². The lowest BCUT2D eigenvalue weighted by atomic mass is 10.1. The van der Waals surface area contributed by atoms with E-state index in [1.807, 2.05) is 6.92 Å². The maximum Gasteiger partial charge on any atom is 0.128 e. The van der Waals surface area contributed by atoms with E-state index in [9.17, 15) is 0 Å². The van der Waals surface area contributed by atoms with Crippen molar-refractivity contribution in [2.45, 2.75) is 20.4 Å². The average molecular weight is 311 g/mol. The molecule has 1 saturated heterocycles. The van der Waals surface area contributed by atoms with Crippen LogP contribution in [0.1, 0.15) is 18.1 Å². The second-order valence-electron chi connectivity index (χ2n) is 6.24. The average Bonchev–Trinajstić information content (AvgIpc) is 2.58. The Morgan fingerprint density at radius 1 is 1.00 bits per heavy atom. The Bertz CT molecular complexity index is 633. The summed E-state index contributed by atoms with van der Waals surface area (Å²) in [6, 6.07) is 17.1. The highest BCUT2D eigenvalue weighted by Gasteiger charge is 2.22. The van der Waals surface area contributed by atoms with Crippen molar-refractivity contribution >= 4 is 5.69 Å². The van der Waals surface area contributed by atoms with Gasteiger partial charge in [-0.15, -0.1) is 0 Å². The van der Waals surface area contributed by atoms with E-state index in [4.69, 9.17) is 4.74 Å². The first-order valence-corrected chi connectivity index (χ1v) is 8.62. The first kappa shape index (κ1) is 15.9. The van der Waals surface area contributed by atoms with E-state index in [0.717, 1.165) is 32.0 Å². The van der Waals surface area contributed by atoms with E-state index in [1.54, 1.807) is 4.90 Å². The van der Waals surface area contributed by atoms with Gasteiger partial charge < -0.3 is 14.5 Å². The molecule has 2 aromatic rings. The van der Waals surface area contributed by atoms with Crippen molar-refractivity contribution < 1.29 is 9.64 Å². The van der Waals surface area contributed by atoms with Gasteiger partial charge in [0, 0.05) is 11.3 Å². The minimum atomic E-state index is 0.730. The van der Waals surface area contributed by atoms with Crippen molar-refractivity contribution in [2.24, 2.45) is 0 Å². The van der Waals surface area contributed by atoms with Gasteiger partial charge in [0.05, 0.1) is 32.8 Å². The summed E-state index contributed by atoms with van der Waals surface area (Å²) in [6.07, 6.45) is 0. The lowest BCUT2D eigenvalue weighted by Gasteiger charge is -2.34. The number of hydrogen-bond donors (Lipinski definition) is 1. The summed E-state index contributed by atoms with van der Waals surface area (Å²) < 4.78 is 5.76. The fourth-order valence-corrected chi connectivity index (χ4v) is 3.37. The second kappa shape index (κ2) is 7.51. The molecular formula is C20H27N2O+. The Balaban J connectivity index is 1.61. The zero-order chi connectivity index (χ0) is 16.1. The van der Waals surface area contributed by atoms with Gasteiger partial charge in [-0.05, 0) is 37.6 Å². The first-order chi connectivity index (χ1) is 11.3. The molecule has 0 radical (unpaired) electrons. The summed E-state index contributed by atoms with van der Waals surface area (Å²) in [4.78, 5) is 4.16. The number of anilines is 1. The van der Waals surface area contributed by atoms with Gasteiger partial charge in [-0.3, -0.25) is 0 Å². The van der Waals surface area contributed by atoms with Crippen molar-refractivity contribution in [1.29, 1.82) is 0 Å². The molecule has 0 amide bonds. The van der Waals surface area contributed by atoms with E-state index < -0.39 is 0 Å². The van der Waals surface area contributed by atoms with E-state index in [0.29, 0.717) is 0 Å². The summed E-state index contributed by atoms with van der Waals surface area (Å²) in [6.45, 7) is 10.6. The Morgan fingerprint density at radius 2 is 1.70 bits per heavy atom. The molecule has 1 aliphatic rings. The molecule has 0 atom stereocenters. The topological polar surface area (TPSA) is 16.9 Å². The minimum Gasteiger partial charge on any atom is -0.493 e. The number of quaternary nitrogens is 1. The number of benzene rings is 2. The number of nitrogens with one attached hydrogen (secondary N) is 1. The van der Waals surface area contributed by atoms with Crippen LogP contribution in [0.5, 0.6) is 5.75 Å². The lowest BCUT2D eigenvalue weighted by Crippen LogP contribution is -3.13. The number of rotatable bonds is 5. The van der Waals surface area contributed by atoms with E-state index in [2.05, 4.69) is 60.4 Å². The normalized spacial score (nSPS) is 15.7. The highest BCUT2D eigenvalue weighted by Crippen LogP contribution is 2.19. The SMILES string of the molecule is CCOc1ccccc1C[NH+]1CCN(c2ccccc2C)CC1.